The van der Waals surface area contributed by atoms with Crippen LogP contribution in [0.4, 0.5) is 11.6 Å². The van der Waals surface area contributed by atoms with E-state index < -0.39 is 17.9 Å². The van der Waals surface area contributed by atoms with Crippen LogP contribution < -0.4 is 15.4 Å². The van der Waals surface area contributed by atoms with E-state index in [1.54, 1.807) is 24.4 Å². The smallest absolute Gasteiger partial charge is 0.328 e. The van der Waals surface area contributed by atoms with Crippen LogP contribution in [0.2, 0.25) is 5.02 Å². The number of esters is 1. The van der Waals surface area contributed by atoms with Gasteiger partial charge in [0.2, 0.25) is 5.95 Å². The summed E-state index contributed by atoms with van der Waals surface area (Å²) in [4.78, 5) is 33.5. The summed E-state index contributed by atoms with van der Waals surface area (Å²) >= 11 is 6.34. The van der Waals surface area contributed by atoms with Crippen LogP contribution in [0.15, 0.2) is 36.8 Å². The monoisotopic (exact) mass is 500 g/mol. The minimum Gasteiger partial charge on any atom is -0.495 e. The van der Waals surface area contributed by atoms with Crippen LogP contribution >= 0.6 is 11.6 Å². The second kappa shape index (κ2) is 11.2. The first-order chi connectivity index (χ1) is 16.6. The minimum absolute atomic E-state index is 0.141. The molecule has 3 rings (SSSR count). The van der Waals surface area contributed by atoms with Crippen molar-refractivity contribution in [3.05, 3.63) is 47.4 Å². The van der Waals surface area contributed by atoms with Gasteiger partial charge in [-0.15, -0.1) is 0 Å². The van der Waals surface area contributed by atoms with Gasteiger partial charge in [0.15, 0.2) is 0 Å². The maximum absolute atomic E-state index is 12.8. The fraction of sp³-hybridized carbons (Fsp3) is 0.375. The van der Waals surface area contributed by atoms with Gasteiger partial charge >= 0.3 is 5.97 Å². The molecule has 3 aromatic rings. The van der Waals surface area contributed by atoms with Gasteiger partial charge in [-0.2, -0.15) is 5.10 Å². The van der Waals surface area contributed by atoms with Gasteiger partial charge in [0.1, 0.15) is 11.8 Å². The molecule has 1 amide bonds. The summed E-state index contributed by atoms with van der Waals surface area (Å²) in [5, 5.41) is 10.5. The van der Waals surface area contributed by atoms with E-state index in [9.17, 15) is 9.59 Å². The standard InChI is InChI=1S/C24H29ClN6O4/c1-13(2)20(23(33)35-6)29-22(32)15-7-8-18(19(9-15)34-5)28-24-26-11-17(25)21(30-24)16-10-27-31(12-16)14(3)4/h7-14,20H,1-6H3,(H,29,32)(H,26,28,30). The number of aromatic nitrogens is 4. The van der Waals surface area contributed by atoms with E-state index in [-0.39, 0.29) is 12.0 Å². The molecule has 0 spiro atoms. The Balaban J connectivity index is 1.84. The largest absolute Gasteiger partial charge is 0.495 e. The average molecular weight is 501 g/mol. The van der Waals surface area contributed by atoms with Gasteiger partial charge in [0.25, 0.3) is 5.91 Å². The lowest BCUT2D eigenvalue weighted by Crippen LogP contribution is -2.45. The molecule has 0 bridgehead atoms. The summed E-state index contributed by atoms with van der Waals surface area (Å²) in [5.74, 6) is -0.384. The molecule has 2 N–H and O–H groups in total. The van der Waals surface area contributed by atoms with Gasteiger partial charge < -0.3 is 20.1 Å². The number of nitrogens with zero attached hydrogens (tertiary/aromatic N) is 4. The Hall–Kier alpha value is -3.66. The molecule has 0 aliphatic heterocycles. The number of hydrogen-bond donors (Lipinski definition) is 2. The number of rotatable bonds is 9. The normalized spacial score (nSPS) is 11.9. The van der Waals surface area contributed by atoms with Crippen LogP contribution in [-0.4, -0.2) is 51.9 Å². The molecule has 1 atom stereocenters. The van der Waals surface area contributed by atoms with Crippen molar-refractivity contribution in [2.24, 2.45) is 5.92 Å². The van der Waals surface area contributed by atoms with Gasteiger partial charge in [0.05, 0.1) is 43.0 Å². The lowest BCUT2D eigenvalue weighted by molar-refractivity contribution is -0.144. The van der Waals surface area contributed by atoms with Crippen molar-refractivity contribution >= 4 is 35.1 Å². The summed E-state index contributed by atoms with van der Waals surface area (Å²) < 4.78 is 12.1. The van der Waals surface area contributed by atoms with Crippen molar-refractivity contribution in [1.29, 1.82) is 0 Å². The lowest BCUT2D eigenvalue weighted by Gasteiger charge is -2.20. The van der Waals surface area contributed by atoms with E-state index in [0.717, 1.165) is 5.56 Å². The lowest BCUT2D eigenvalue weighted by atomic mass is 10.0. The molecule has 186 valence electrons. The highest BCUT2D eigenvalue weighted by Gasteiger charge is 2.25. The molecule has 2 aromatic heterocycles. The van der Waals surface area contributed by atoms with E-state index in [2.05, 4.69) is 25.7 Å². The van der Waals surface area contributed by atoms with Gasteiger partial charge in [-0.1, -0.05) is 25.4 Å². The van der Waals surface area contributed by atoms with Gasteiger partial charge in [-0.3, -0.25) is 9.48 Å². The van der Waals surface area contributed by atoms with E-state index in [0.29, 0.717) is 33.7 Å². The van der Waals surface area contributed by atoms with Crippen molar-refractivity contribution in [2.45, 2.75) is 39.8 Å². The SMILES string of the molecule is COC(=O)C(NC(=O)c1ccc(Nc2ncc(Cl)c(-c3cnn(C(C)C)c3)n2)c(OC)c1)C(C)C. The highest BCUT2D eigenvalue weighted by Crippen LogP contribution is 2.31. The Morgan fingerprint density at radius 3 is 2.46 bits per heavy atom. The Kier molecular flexibility index (Phi) is 8.29. The highest BCUT2D eigenvalue weighted by atomic mass is 35.5. The molecular weight excluding hydrogens is 472 g/mol. The Morgan fingerprint density at radius 1 is 1.11 bits per heavy atom. The number of hydrogen-bond acceptors (Lipinski definition) is 8. The first-order valence-corrected chi connectivity index (χ1v) is 11.4. The quantitative estimate of drug-likeness (QED) is 0.418. The fourth-order valence-electron chi connectivity index (χ4n) is 3.28. The van der Waals surface area contributed by atoms with Crippen LogP contribution in [0.3, 0.4) is 0 Å². The molecule has 0 saturated heterocycles. The molecule has 0 aliphatic carbocycles. The third kappa shape index (κ3) is 6.07. The van der Waals surface area contributed by atoms with Crippen LogP contribution in [0, 0.1) is 5.92 Å². The topological polar surface area (TPSA) is 120 Å². The third-order valence-corrected chi connectivity index (χ3v) is 5.54. The summed E-state index contributed by atoms with van der Waals surface area (Å²) in [7, 11) is 2.77. The van der Waals surface area contributed by atoms with Crippen LogP contribution in [0.25, 0.3) is 11.3 Å². The predicted molar refractivity (Wildman–Crippen MR) is 133 cm³/mol. The third-order valence-electron chi connectivity index (χ3n) is 5.27. The number of halogens is 1. The molecule has 0 saturated carbocycles. The summed E-state index contributed by atoms with van der Waals surface area (Å²) in [6.07, 6.45) is 5.08. The number of carbonyl (C=O) groups excluding carboxylic acids is 2. The van der Waals surface area contributed by atoms with Crippen LogP contribution in [0.1, 0.15) is 44.1 Å². The maximum atomic E-state index is 12.8. The number of methoxy groups -OCH3 is 2. The maximum Gasteiger partial charge on any atom is 0.328 e. The summed E-state index contributed by atoms with van der Waals surface area (Å²) in [6, 6.07) is 4.28. The average Bonchev–Trinajstić information content (AvgIpc) is 3.33. The Labute approximate surface area is 209 Å². The number of ether oxygens (including phenoxy) is 2. The van der Waals surface area contributed by atoms with E-state index in [1.165, 1.54) is 20.4 Å². The molecule has 0 radical (unpaired) electrons. The van der Waals surface area contributed by atoms with Gasteiger partial charge in [0, 0.05) is 23.4 Å². The molecule has 1 aromatic carbocycles. The van der Waals surface area contributed by atoms with E-state index in [4.69, 9.17) is 21.1 Å². The minimum atomic E-state index is -0.766. The zero-order valence-corrected chi connectivity index (χ0v) is 21.3. The molecule has 2 heterocycles. The van der Waals surface area contributed by atoms with Gasteiger partial charge in [-0.25, -0.2) is 14.8 Å². The van der Waals surface area contributed by atoms with E-state index >= 15 is 0 Å². The van der Waals surface area contributed by atoms with Crippen LogP contribution in [0.5, 0.6) is 5.75 Å². The summed E-state index contributed by atoms with van der Waals surface area (Å²) in [5.41, 5.74) is 2.16. The molecule has 1 unspecified atom stereocenters. The number of amides is 1. The summed E-state index contributed by atoms with van der Waals surface area (Å²) in [6.45, 7) is 7.70. The molecular formula is C24H29ClN6O4. The molecule has 10 nitrogen and oxygen atoms in total. The molecule has 11 heteroatoms. The van der Waals surface area contributed by atoms with Gasteiger partial charge in [-0.05, 0) is 38.0 Å². The van der Waals surface area contributed by atoms with Crippen molar-refractivity contribution in [2.75, 3.05) is 19.5 Å². The zero-order chi connectivity index (χ0) is 25.7. The molecule has 0 fully saturated rings. The molecule has 35 heavy (non-hydrogen) atoms. The Morgan fingerprint density at radius 2 is 1.86 bits per heavy atom. The second-order valence-electron chi connectivity index (χ2n) is 8.45. The van der Waals surface area contributed by atoms with Crippen LogP contribution in [-0.2, 0) is 9.53 Å². The van der Waals surface area contributed by atoms with Crippen molar-refractivity contribution in [3.8, 4) is 17.0 Å². The first-order valence-electron chi connectivity index (χ1n) is 11.0. The predicted octanol–water partition coefficient (Wildman–Crippen LogP) is 4.25. The number of nitrogens with one attached hydrogen (secondary N) is 2. The fourth-order valence-corrected chi connectivity index (χ4v) is 3.48. The second-order valence-corrected chi connectivity index (χ2v) is 8.86. The highest BCUT2D eigenvalue weighted by molar-refractivity contribution is 6.32. The molecule has 0 aliphatic rings. The number of carbonyl (C=O) groups is 2. The Bertz CT molecular complexity index is 1210. The van der Waals surface area contributed by atoms with Crippen molar-refractivity contribution < 1.29 is 19.1 Å². The van der Waals surface area contributed by atoms with Crippen molar-refractivity contribution in [1.82, 2.24) is 25.1 Å². The zero-order valence-electron chi connectivity index (χ0n) is 20.5. The number of anilines is 2. The first kappa shape index (κ1) is 26.0. The van der Waals surface area contributed by atoms with E-state index in [1.807, 2.05) is 38.6 Å². The van der Waals surface area contributed by atoms with Crippen molar-refractivity contribution in [3.63, 3.8) is 0 Å². The number of benzene rings is 1.